The fraction of sp³-hybridized carbons (Fsp3) is 0. The zero-order chi connectivity index (χ0) is 9.26. The van der Waals surface area contributed by atoms with Gasteiger partial charge in [-0.15, -0.1) is 0 Å². The van der Waals surface area contributed by atoms with Gasteiger partial charge in [0.1, 0.15) is 0 Å². The molecule has 0 aromatic heterocycles. The van der Waals surface area contributed by atoms with E-state index >= 15 is 0 Å². The Labute approximate surface area is 97.1 Å². The van der Waals surface area contributed by atoms with Gasteiger partial charge in [-0.05, 0) is 16.8 Å². The predicted octanol–water partition coefficient (Wildman–Crippen LogP) is 2.54. The second-order valence-corrected chi connectivity index (χ2v) is 2.83. The third kappa shape index (κ3) is 1.87. The third-order valence-corrected chi connectivity index (χ3v) is 2.02. The first-order valence-electron chi connectivity index (χ1n) is 4.00. The van der Waals surface area contributed by atoms with E-state index < -0.39 is 5.97 Å². The van der Waals surface area contributed by atoms with Crippen LogP contribution in [0.2, 0.25) is 0 Å². The zero-order valence-corrected chi connectivity index (χ0v) is 8.68. The van der Waals surface area contributed by atoms with Gasteiger partial charge in [0.05, 0.1) is 5.56 Å². The number of carboxylic acids is 1. The van der Waals surface area contributed by atoms with Crippen LogP contribution in [-0.4, -0.2) is 11.1 Å². The van der Waals surface area contributed by atoms with E-state index in [0.717, 1.165) is 10.8 Å². The van der Waals surface area contributed by atoms with Crippen molar-refractivity contribution >= 4 is 16.7 Å². The Bertz CT molecular complexity index is 460. The smallest absolute Gasteiger partial charge is 0.336 e. The average Bonchev–Trinajstić information content (AvgIpc) is 2.17. The summed E-state index contributed by atoms with van der Waals surface area (Å²) in [5, 5.41) is 10.6. The summed E-state index contributed by atoms with van der Waals surface area (Å²) in [5.74, 6) is -0.878. The number of fused-ring (bicyclic) bond motifs is 1. The molecule has 0 heterocycles. The number of rotatable bonds is 1. The van der Waals surface area contributed by atoms with Crippen LogP contribution in [-0.2, 0) is 22.4 Å². The minimum absolute atomic E-state index is 0. The second kappa shape index (κ2) is 4.42. The Morgan fingerprint density at radius 1 is 1.00 bits per heavy atom. The van der Waals surface area contributed by atoms with Crippen LogP contribution in [0.1, 0.15) is 10.4 Å². The van der Waals surface area contributed by atoms with Gasteiger partial charge in [0.25, 0.3) is 0 Å². The molecule has 3 heteroatoms. The molecule has 2 aromatic rings. The Kier molecular flexibility index (Phi) is 3.47. The van der Waals surface area contributed by atoms with Crippen molar-refractivity contribution in [1.82, 2.24) is 0 Å². The first kappa shape index (κ1) is 11.0. The van der Waals surface area contributed by atoms with E-state index in [2.05, 4.69) is 0 Å². The standard InChI is InChI=1S/C11H8O2.Ag/c12-11(13)10-7-3-5-8-4-1-2-6-9(8)10;/h1-7H,(H,12,13);. The van der Waals surface area contributed by atoms with Crippen molar-refractivity contribution in [3.63, 3.8) is 0 Å². The van der Waals surface area contributed by atoms with Crippen molar-refractivity contribution < 1.29 is 32.3 Å². The molecule has 0 aliphatic heterocycles. The van der Waals surface area contributed by atoms with Crippen LogP contribution in [0, 0.1) is 0 Å². The van der Waals surface area contributed by atoms with Gasteiger partial charge < -0.3 is 5.11 Å². The molecular formula is C11H8AgO2. The van der Waals surface area contributed by atoms with Gasteiger partial charge in [-0.2, -0.15) is 0 Å². The van der Waals surface area contributed by atoms with Crippen LogP contribution >= 0.6 is 0 Å². The Morgan fingerprint density at radius 2 is 1.64 bits per heavy atom. The molecule has 0 aliphatic carbocycles. The molecule has 14 heavy (non-hydrogen) atoms. The summed E-state index contributed by atoms with van der Waals surface area (Å²) in [7, 11) is 0. The Morgan fingerprint density at radius 3 is 2.36 bits per heavy atom. The predicted molar refractivity (Wildman–Crippen MR) is 50.9 cm³/mol. The maximum absolute atomic E-state index is 10.8. The summed E-state index contributed by atoms with van der Waals surface area (Å²) < 4.78 is 0. The SMILES string of the molecule is O=C(O)c1cccc2ccccc12.[Ag]. The number of hydrogen-bond acceptors (Lipinski definition) is 1. The van der Waals surface area contributed by atoms with Crippen LogP contribution in [0.25, 0.3) is 10.8 Å². The molecule has 0 fully saturated rings. The Hall–Kier alpha value is -1.09. The molecule has 1 radical (unpaired) electrons. The minimum Gasteiger partial charge on any atom is -0.478 e. The van der Waals surface area contributed by atoms with Crippen LogP contribution in [0.15, 0.2) is 42.5 Å². The first-order chi connectivity index (χ1) is 6.29. The molecule has 2 rings (SSSR count). The molecule has 0 saturated carbocycles. The topological polar surface area (TPSA) is 37.3 Å². The molecule has 0 atom stereocenters. The Balaban J connectivity index is 0.000000980. The maximum atomic E-state index is 10.8. The van der Waals surface area contributed by atoms with Crippen molar-refractivity contribution in [2.24, 2.45) is 0 Å². The summed E-state index contributed by atoms with van der Waals surface area (Å²) in [4.78, 5) is 10.8. The van der Waals surface area contributed by atoms with Crippen molar-refractivity contribution in [2.75, 3.05) is 0 Å². The van der Waals surface area contributed by atoms with E-state index in [1.165, 1.54) is 0 Å². The normalized spacial score (nSPS) is 9.43. The molecule has 0 unspecified atom stereocenters. The van der Waals surface area contributed by atoms with Crippen LogP contribution < -0.4 is 0 Å². The number of hydrogen-bond donors (Lipinski definition) is 1. The summed E-state index contributed by atoms with van der Waals surface area (Å²) in [5.41, 5.74) is 0.359. The summed E-state index contributed by atoms with van der Waals surface area (Å²) in [6.07, 6.45) is 0. The molecule has 75 valence electrons. The van der Waals surface area contributed by atoms with Crippen LogP contribution in [0.3, 0.4) is 0 Å². The molecular weight excluding hydrogens is 272 g/mol. The fourth-order valence-corrected chi connectivity index (χ4v) is 1.41. The van der Waals surface area contributed by atoms with Crippen LogP contribution in [0.5, 0.6) is 0 Å². The summed E-state index contributed by atoms with van der Waals surface area (Å²) >= 11 is 0. The van der Waals surface area contributed by atoms with Crippen molar-refractivity contribution in [1.29, 1.82) is 0 Å². The van der Waals surface area contributed by atoms with Gasteiger partial charge in [-0.3, -0.25) is 0 Å². The summed E-state index contributed by atoms with van der Waals surface area (Å²) in [6.45, 7) is 0. The van der Waals surface area contributed by atoms with E-state index in [0.29, 0.717) is 5.56 Å². The van der Waals surface area contributed by atoms with E-state index in [9.17, 15) is 4.79 Å². The van der Waals surface area contributed by atoms with E-state index in [-0.39, 0.29) is 22.4 Å². The van der Waals surface area contributed by atoms with Crippen molar-refractivity contribution in [3.05, 3.63) is 48.0 Å². The van der Waals surface area contributed by atoms with Gasteiger partial charge >= 0.3 is 5.97 Å². The molecule has 1 N–H and O–H groups in total. The molecule has 0 bridgehead atoms. The number of benzene rings is 2. The second-order valence-electron chi connectivity index (χ2n) is 2.83. The van der Waals surface area contributed by atoms with Gasteiger partial charge in [0.2, 0.25) is 0 Å². The molecule has 2 nitrogen and oxygen atoms in total. The van der Waals surface area contributed by atoms with Crippen LogP contribution in [0.4, 0.5) is 0 Å². The molecule has 2 aromatic carbocycles. The summed E-state index contributed by atoms with van der Waals surface area (Å²) in [6, 6.07) is 12.7. The maximum Gasteiger partial charge on any atom is 0.336 e. The number of carboxylic acid groups (broad SMARTS) is 1. The quantitative estimate of drug-likeness (QED) is 0.815. The molecule has 0 amide bonds. The minimum atomic E-state index is -0.878. The molecule has 0 spiro atoms. The fourth-order valence-electron chi connectivity index (χ4n) is 1.41. The van der Waals surface area contributed by atoms with E-state index in [4.69, 9.17) is 5.11 Å². The molecule has 0 aliphatic rings. The van der Waals surface area contributed by atoms with Crippen molar-refractivity contribution in [3.8, 4) is 0 Å². The zero-order valence-electron chi connectivity index (χ0n) is 7.20. The van der Waals surface area contributed by atoms with Gasteiger partial charge in [0.15, 0.2) is 0 Å². The number of carbonyl (C=O) groups is 1. The average molecular weight is 280 g/mol. The van der Waals surface area contributed by atoms with Gasteiger partial charge in [-0.1, -0.05) is 36.4 Å². The third-order valence-electron chi connectivity index (χ3n) is 2.02. The van der Waals surface area contributed by atoms with Gasteiger partial charge in [0, 0.05) is 22.4 Å². The van der Waals surface area contributed by atoms with E-state index in [1.807, 2.05) is 30.3 Å². The van der Waals surface area contributed by atoms with Gasteiger partial charge in [-0.25, -0.2) is 4.79 Å². The van der Waals surface area contributed by atoms with Crippen molar-refractivity contribution in [2.45, 2.75) is 0 Å². The largest absolute Gasteiger partial charge is 0.478 e. The molecule has 0 saturated heterocycles. The first-order valence-corrected chi connectivity index (χ1v) is 4.00. The number of aromatic carboxylic acids is 1. The monoisotopic (exact) mass is 279 g/mol. The van der Waals surface area contributed by atoms with E-state index in [1.54, 1.807) is 12.1 Å².